The quantitative estimate of drug-likeness (QED) is 0.916. The Morgan fingerprint density at radius 3 is 2.74 bits per heavy atom. The maximum atomic E-state index is 5.84. The van der Waals surface area contributed by atoms with Gasteiger partial charge in [0, 0.05) is 38.1 Å². The molecule has 0 bridgehead atoms. The van der Waals surface area contributed by atoms with Gasteiger partial charge in [-0.3, -0.25) is 4.90 Å². The maximum absolute atomic E-state index is 5.84. The van der Waals surface area contributed by atoms with Crippen LogP contribution in [0.1, 0.15) is 19.7 Å². The van der Waals surface area contributed by atoms with Crippen LogP contribution in [0.4, 0.5) is 0 Å². The van der Waals surface area contributed by atoms with E-state index in [4.69, 9.17) is 4.42 Å². The summed E-state index contributed by atoms with van der Waals surface area (Å²) in [5.74, 6) is 0.838. The van der Waals surface area contributed by atoms with Gasteiger partial charge in [-0.1, -0.05) is 12.1 Å². The minimum atomic E-state index is 0.0863. The molecule has 0 aliphatic carbocycles. The SMILES string of the molecule is CC(C)(Cc1nc2ccccc2o1)N1CCNCC1. The van der Waals surface area contributed by atoms with Gasteiger partial charge in [0.15, 0.2) is 11.5 Å². The summed E-state index contributed by atoms with van der Waals surface area (Å²) in [6.07, 6.45) is 0.849. The number of fused-ring (bicyclic) bond motifs is 1. The molecule has 2 aromatic rings. The lowest BCUT2D eigenvalue weighted by Gasteiger charge is -2.40. The largest absolute Gasteiger partial charge is 0.441 e. The first-order chi connectivity index (χ1) is 9.15. The monoisotopic (exact) mass is 259 g/mol. The smallest absolute Gasteiger partial charge is 0.197 e. The van der Waals surface area contributed by atoms with Crippen LogP contribution < -0.4 is 5.32 Å². The predicted molar refractivity (Wildman–Crippen MR) is 76.2 cm³/mol. The predicted octanol–water partition coefficient (Wildman–Crippen LogP) is 2.05. The van der Waals surface area contributed by atoms with E-state index in [1.807, 2.05) is 24.3 Å². The van der Waals surface area contributed by atoms with Crippen molar-refractivity contribution in [3.05, 3.63) is 30.2 Å². The molecule has 1 fully saturated rings. The average molecular weight is 259 g/mol. The van der Waals surface area contributed by atoms with Crippen molar-refractivity contribution in [1.82, 2.24) is 15.2 Å². The molecule has 1 aromatic carbocycles. The molecule has 102 valence electrons. The standard InChI is InChI=1S/C15H21N3O/c1-15(2,18-9-7-16-8-10-18)11-14-17-12-5-3-4-6-13(12)19-14/h3-6,16H,7-11H2,1-2H3. The molecule has 0 saturated carbocycles. The number of benzene rings is 1. The van der Waals surface area contributed by atoms with Crippen molar-refractivity contribution in [2.45, 2.75) is 25.8 Å². The van der Waals surface area contributed by atoms with Crippen molar-refractivity contribution in [2.24, 2.45) is 0 Å². The summed E-state index contributed by atoms with van der Waals surface area (Å²) in [5, 5.41) is 3.39. The second kappa shape index (κ2) is 4.94. The van der Waals surface area contributed by atoms with Gasteiger partial charge < -0.3 is 9.73 Å². The zero-order valence-corrected chi connectivity index (χ0v) is 11.6. The van der Waals surface area contributed by atoms with Crippen LogP contribution in [0.25, 0.3) is 11.1 Å². The fraction of sp³-hybridized carbons (Fsp3) is 0.533. The number of nitrogens with zero attached hydrogens (tertiary/aromatic N) is 2. The van der Waals surface area contributed by atoms with Crippen LogP contribution in [0.5, 0.6) is 0 Å². The Morgan fingerprint density at radius 1 is 1.26 bits per heavy atom. The molecule has 2 heterocycles. The summed E-state index contributed by atoms with van der Waals surface area (Å²) in [6.45, 7) is 8.86. The minimum Gasteiger partial charge on any atom is -0.441 e. The molecule has 4 nitrogen and oxygen atoms in total. The summed E-state index contributed by atoms with van der Waals surface area (Å²) in [5.41, 5.74) is 1.92. The summed E-state index contributed by atoms with van der Waals surface area (Å²) < 4.78 is 5.84. The van der Waals surface area contributed by atoms with Crippen molar-refractivity contribution in [3.63, 3.8) is 0 Å². The second-order valence-corrected chi connectivity index (χ2v) is 5.80. The normalized spacial score (nSPS) is 18.0. The van der Waals surface area contributed by atoms with Crippen molar-refractivity contribution < 1.29 is 4.42 Å². The minimum absolute atomic E-state index is 0.0863. The van der Waals surface area contributed by atoms with Gasteiger partial charge in [0.25, 0.3) is 0 Å². The number of hydrogen-bond donors (Lipinski definition) is 1. The van der Waals surface area contributed by atoms with Gasteiger partial charge in [0.1, 0.15) is 5.52 Å². The molecule has 1 aromatic heterocycles. The topological polar surface area (TPSA) is 41.3 Å². The first-order valence-corrected chi connectivity index (χ1v) is 6.95. The van der Waals surface area contributed by atoms with Crippen LogP contribution in [-0.4, -0.2) is 41.6 Å². The lowest BCUT2D eigenvalue weighted by molar-refractivity contribution is 0.0979. The highest BCUT2D eigenvalue weighted by Gasteiger charge is 2.29. The van der Waals surface area contributed by atoms with Crippen LogP contribution in [0, 0.1) is 0 Å². The van der Waals surface area contributed by atoms with Crippen molar-refractivity contribution in [3.8, 4) is 0 Å². The maximum Gasteiger partial charge on any atom is 0.197 e. The summed E-state index contributed by atoms with van der Waals surface area (Å²) in [6, 6.07) is 7.96. The van der Waals surface area contributed by atoms with Gasteiger partial charge in [-0.05, 0) is 26.0 Å². The lowest BCUT2D eigenvalue weighted by Crippen LogP contribution is -2.54. The third kappa shape index (κ3) is 2.65. The third-order valence-corrected chi connectivity index (χ3v) is 3.90. The lowest BCUT2D eigenvalue weighted by atomic mass is 9.97. The molecule has 0 amide bonds. The Morgan fingerprint density at radius 2 is 2.00 bits per heavy atom. The Balaban J connectivity index is 1.78. The Hall–Kier alpha value is -1.39. The molecule has 0 atom stereocenters. The van der Waals surface area contributed by atoms with Gasteiger partial charge in [0.05, 0.1) is 0 Å². The molecule has 4 heteroatoms. The fourth-order valence-corrected chi connectivity index (χ4v) is 2.75. The van der Waals surface area contributed by atoms with E-state index in [0.717, 1.165) is 49.6 Å². The van der Waals surface area contributed by atoms with Crippen molar-refractivity contribution >= 4 is 11.1 Å². The molecule has 0 radical (unpaired) electrons. The van der Waals surface area contributed by atoms with Gasteiger partial charge in [-0.25, -0.2) is 4.98 Å². The van der Waals surface area contributed by atoms with Crippen LogP contribution in [0.2, 0.25) is 0 Å². The summed E-state index contributed by atoms with van der Waals surface area (Å²) >= 11 is 0. The molecule has 0 unspecified atom stereocenters. The molecule has 1 aliphatic heterocycles. The Labute approximate surface area is 113 Å². The molecule has 19 heavy (non-hydrogen) atoms. The molecular formula is C15H21N3O. The first-order valence-electron chi connectivity index (χ1n) is 6.95. The van der Waals surface area contributed by atoms with E-state index in [2.05, 4.69) is 29.0 Å². The van der Waals surface area contributed by atoms with E-state index >= 15 is 0 Å². The van der Waals surface area contributed by atoms with E-state index in [9.17, 15) is 0 Å². The van der Waals surface area contributed by atoms with Crippen LogP contribution in [0.3, 0.4) is 0 Å². The molecule has 0 spiro atoms. The third-order valence-electron chi connectivity index (χ3n) is 3.90. The van der Waals surface area contributed by atoms with Gasteiger partial charge >= 0.3 is 0 Å². The Kier molecular flexibility index (Phi) is 3.29. The fourth-order valence-electron chi connectivity index (χ4n) is 2.75. The Bertz CT molecular complexity index is 522. The summed E-state index contributed by atoms with van der Waals surface area (Å²) in [4.78, 5) is 7.10. The highest BCUT2D eigenvalue weighted by molar-refractivity contribution is 5.72. The van der Waals surface area contributed by atoms with Crippen LogP contribution in [0.15, 0.2) is 28.7 Å². The molecular weight excluding hydrogens is 238 g/mol. The first kappa shape index (κ1) is 12.6. The number of hydrogen-bond acceptors (Lipinski definition) is 4. The van der Waals surface area contributed by atoms with Crippen molar-refractivity contribution in [1.29, 1.82) is 0 Å². The van der Waals surface area contributed by atoms with E-state index in [-0.39, 0.29) is 5.54 Å². The molecule has 1 N–H and O–H groups in total. The van der Waals surface area contributed by atoms with Gasteiger partial charge in [-0.15, -0.1) is 0 Å². The molecule has 1 aliphatic rings. The number of oxazole rings is 1. The highest BCUT2D eigenvalue weighted by atomic mass is 16.3. The highest BCUT2D eigenvalue weighted by Crippen LogP contribution is 2.23. The van der Waals surface area contributed by atoms with Crippen LogP contribution in [-0.2, 0) is 6.42 Å². The zero-order valence-electron chi connectivity index (χ0n) is 11.6. The second-order valence-electron chi connectivity index (χ2n) is 5.80. The van der Waals surface area contributed by atoms with Gasteiger partial charge in [0.2, 0.25) is 0 Å². The number of rotatable bonds is 3. The molecule has 3 rings (SSSR count). The number of nitrogens with one attached hydrogen (secondary N) is 1. The van der Waals surface area contributed by atoms with E-state index in [1.54, 1.807) is 0 Å². The van der Waals surface area contributed by atoms with E-state index in [1.165, 1.54) is 0 Å². The number of aromatic nitrogens is 1. The van der Waals surface area contributed by atoms with Crippen LogP contribution >= 0.6 is 0 Å². The van der Waals surface area contributed by atoms with E-state index < -0.39 is 0 Å². The molecule has 1 saturated heterocycles. The number of para-hydroxylation sites is 2. The summed E-state index contributed by atoms with van der Waals surface area (Å²) in [7, 11) is 0. The number of piperazine rings is 1. The zero-order chi connectivity index (χ0) is 13.3. The average Bonchev–Trinajstić information content (AvgIpc) is 2.81. The van der Waals surface area contributed by atoms with Crippen molar-refractivity contribution in [2.75, 3.05) is 26.2 Å². The van der Waals surface area contributed by atoms with E-state index in [0.29, 0.717) is 0 Å². The van der Waals surface area contributed by atoms with Gasteiger partial charge in [-0.2, -0.15) is 0 Å².